The van der Waals surface area contributed by atoms with Crippen molar-refractivity contribution in [3.8, 4) is 0 Å². The van der Waals surface area contributed by atoms with Gasteiger partial charge in [0.25, 0.3) is 0 Å². The number of nitrogens with zero attached hydrogens (tertiary/aromatic N) is 3. The minimum atomic E-state index is -0.469. The molecule has 0 aliphatic carbocycles. The predicted octanol–water partition coefficient (Wildman–Crippen LogP) is 0.0154. The average Bonchev–Trinajstić information content (AvgIpc) is 2.00. The summed E-state index contributed by atoms with van der Waals surface area (Å²) in [6.07, 6.45) is 0. The third-order valence-corrected chi connectivity index (χ3v) is 1.48. The number of rotatable bonds is 4. The highest BCUT2D eigenvalue weighted by molar-refractivity contribution is 5.73. The summed E-state index contributed by atoms with van der Waals surface area (Å²) in [6.45, 7) is 1.33. The van der Waals surface area contributed by atoms with Crippen LogP contribution in [0.15, 0.2) is 5.29 Å². The van der Waals surface area contributed by atoms with E-state index in [0.717, 1.165) is 16.0 Å². The van der Waals surface area contributed by atoms with E-state index >= 15 is 0 Å². The lowest BCUT2D eigenvalue weighted by Gasteiger charge is -2.23. The van der Waals surface area contributed by atoms with Crippen molar-refractivity contribution in [1.82, 2.24) is 10.3 Å². The lowest BCUT2D eigenvalue weighted by Crippen LogP contribution is -2.43. The van der Waals surface area contributed by atoms with Crippen molar-refractivity contribution in [2.45, 2.75) is 0 Å². The Morgan fingerprint density at radius 2 is 2.00 bits per heavy atom. The summed E-state index contributed by atoms with van der Waals surface area (Å²) in [5, 5.41) is 5.77. The van der Waals surface area contributed by atoms with E-state index in [1.807, 2.05) is 21.1 Å². The molecule has 0 atom stereocenters. The number of hydrogen-bond donors (Lipinski definition) is 1. The van der Waals surface area contributed by atoms with E-state index in [0.29, 0.717) is 6.54 Å². The van der Waals surface area contributed by atoms with E-state index in [-0.39, 0.29) is 0 Å². The number of amides is 2. The molecule has 6 nitrogen and oxygen atoms in total. The van der Waals surface area contributed by atoms with Gasteiger partial charge in [0, 0.05) is 7.05 Å². The van der Waals surface area contributed by atoms with Crippen molar-refractivity contribution < 1.29 is 9.28 Å². The summed E-state index contributed by atoms with van der Waals surface area (Å²) in [5.41, 5.74) is 0. The molecule has 0 rings (SSSR count). The third kappa shape index (κ3) is 6.03. The van der Waals surface area contributed by atoms with Crippen LogP contribution in [0.1, 0.15) is 0 Å². The Morgan fingerprint density at radius 3 is 2.38 bits per heavy atom. The largest absolute Gasteiger partial charge is 0.340 e. The highest BCUT2D eigenvalue weighted by atomic mass is 16.3. The summed E-state index contributed by atoms with van der Waals surface area (Å²) in [7, 11) is 7.38. The fourth-order valence-corrected chi connectivity index (χ4v) is 0.650. The molecule has 0 aromatic rings. The molecule has 2 amide bonds. The molecule has 0 unspecified atom stereocenters. The van der Waals surface area contributed by atoms with Gasteiger partial charge in [-0.15, -0.1) is 4.91 Å². The minimum Gasteiger partial charge on any atom is -0.331 e. The van der Waals surface area contributed by atoms with Crippen LogP contribution in [-0.4, -0.2) is 56.8 Å². The first kappa shape index (κ1) is 11.8. The van der Waals surface area contributed by atoms with Gasteiger partial charge >= 0.3 is 6.03 Å². The number of carbonyl (C=O) groups excluding carboxylic acids is 1. The van der Waals surface area contributed by atoms with Crippen molar-refractivity contribution >= 4 is 6.03 Å². The second-order valence-electron chi connectivity index (χ2n) is 3.85. The zero-order chi connectivity index (χ0) is 10.5. The number of nitroso groups, excluding NO2 is 1. The fourth-order valence-electron chi connectivity index (χ4n) is 0.650. The van der Waals surface area contributed by atoms with Crippen LogP contribution < -0.4 is 5.32 Å². The first-order valence-corrected chi connectivity index (χ1v) is 4.02. The second-order valence-corrected chi connectivity index (χ2v) is 3.85. The van der Waals surface area contributed by atoms with Crippen molar-refractivity contribution in [1.29, 1.82) is 0 Å². The fraction of sp³-hybridized carbons (Fsp3) is 0.857. The van der Waals surface area contributed by atoms with Gasteiger partial charge in [-0.2, -0.15) is 5.01 Å². The first-order chi connectivity index (χ1) is 5.87. The molecule has 0 aliphatic heterocycles. The summed E-state index contributed by atoms with van der Waals surface area (Å²) >= 11 is 0. The Hall–Kier alpha value is -1.17. The Morgan fingerprint density at radius 1 is 1.46 bits per heavy atom. The lowest BCUT2D eigenvalue weighted by molar-refractivity contribution is -0.869. The molecular weight excluding hydrogens is 172 g/mol. The van der Waals surface area contributed by atoms with Gasteiger partial charge in [-0.05, 0) is 0 Å². The second kappa shape index (κ2) is 4.76. The van der Waals surface area contributed by atoms with Crippen LogP contribution in [-0.2, 0) is 0 Å². The Labute approximate surface area is 78.0 Å². The van der Waals surface area contributed by atoms with E-state index < -0.39 is 6.03 Å². The van der Waals surface area contributed by atoms with Gasteiger partial charge in [-0.1, -0.05) is 0 Å². The van der Waals surface area contributed by atoms with Crippen LogP contribution in [0.25, 0.3) is 0 Å². The molecule has 0 aromatic carbocycles. The van der Waals surface area contributed by atoms with Crippen LogP contribution >= 0.6 is 0 Å². The van der Waals surface area contributed by atoms with Crippen molar-refractivity contribution in [2.24, 2.45) is 5.29 Å². The molecular formula is C7H17N4O2+. The number of nitrogens with one attached hydrogen (secondary N) is 1. The first-order valence-electron chi connectivity index (χ1n) is 4.02. The van der Waals surface area contributed by atoms with Crippen LogP contribution in [0.4, 0.5) is 4.79 Å². The molecule has 0 aliphatic rings. The normalized spacial score (nSPS) is 10.8. The third-order valence-electron chi connectivity index (χ3n) is 1.48. The topological polar surface area (TPSA) is 61.8 Å². The molecule has 0 heterocycles. The molecule has 6 heteroatoms. The molecule has 0 saturated carbocycles. The van der Waals surface area contributed by atoms with E-state index in [2.05, 4.69) is 10.6 Å². The molecule has 0 saturated heterocycles. The van der Waals surface area contributed by atoms with Crippen molar-refractivity contribution in [3.05, 3.63) is 4.91 Å². The lowest BCUT2D eigenvalue weighted by atomic mass is 10.5. The molecule has 1 N–H and O–H groups in total. The monoisotopic (exact) mass is 189 g/mol. The van der Waals surface area contributed by atoms with Gasteiger partial charge in [-0.25, -0.2) is 4.79 Å². The molecule has 76 valence electrons. The zero-order valence-electron chi connectivity index (χ0n) is 8.57. The number of carbonyl (C=O) groups is 1. The van der Waals surface area contributed by atoms with Crippen LogP contribution in [0.3, 0.4) is 0 Å². The van der Waals surface area contributed by atoms with Gasteiger partial charge < -0.3 is 9.80 Å². The van der Waals surface area contributed by atoms with Crippen LogP contribution in [0.2, 0.25) is 0 Å². The molecule has 0 aromatic heterocycles. The standard InChI is InChI=1S/C7H16N4O2/c1-10(9-13)7(12)8-5-6-11(2,3)4/h5-6H2,1-4H3/p+1. The summed E-state index contributed by atoms with van der Waals surface area (Å²) in [4.78, 5) is 20.9. The van der Waals surface area contributed by atoms with Gasteiger partial charge in [-0.3, -0.25) is 0 Å². The SMILES string of the molecule is CN(N=O)C(=O)NCC[N+](C)(C)C. The summed E-state index contributed by atoms with van der Waals surface area (Å²) in [5.74, 6) is 0. The number of likely N-dealkylation sites (N-methyl/N-ethyl adjacent to an activating group) is 1. The van der Waals surface area contributed by atoms with Gasteiger partial charge in [0.1, 0.15) is 0 Å². The molecule has 13 heavy (non-hydrogen) atoms. The number of hydrogen-bond acceptors (Lipinski definition) is 3. The molecule has 0 fully saturated rings. The Bertz CT molecular complexity index is 187. The molecule has 0 radical (unpaired) electrons. The van der Waals surface area contributed by atoms with Gasteiger partial charge in [0.15, 0.2) is 0 Å². The quantitative estimate of drug-likeness (QED) is 0.385. The molecule has 0 spiro atoms. The van der Waals surface area contributed by atoms with Crippen LogP contribution in [0, 0.1) is 4.91 Å². The Kier molecular flexibility index (Phi) is 4.33. The van der Waals surface area contributed by atoms with Crippen molar-refractivity contribution in [3.63, 3.8) is 0 Å². The van der Waals surface area contributed by atoms with E-state index in [9.17, 15) is 9.70 Å². The maximum atomic E-state index is 11.0. The smallest absolute Gasteiger partial charge is 0.331 e. The predicted molar refractivity (Wildman–Crippen MR) is 49.9 cm³/mol. The van der Waals surface area contributed by atoms with Crippen LogP contribution in [0.5, 0.6) is 0 Å². The highest BCUT2D eigenvalue weighted by Crippen LogP contribution is 1.88. The molecule has 0 bridgehead atoms. The number of urea groups is 1. The zero-order valence-corrected chi connectivity index (χ0v) is 8.57. The summed E-state index contributed by atoms with van der Waals surface area (Å²) in [6, 6.07) is -0.469. The van der Waals surface area contributed by atoms with Gasteiger partial charge in [0.2, 0.25) is 0 Å². The number of quaternary nitrogens is 1. The van der Waals surface area contributed by atoms with E-state index in [1.165, 1.54) is 7.05 Å². The van der Waals surface area contributed by atoms with E-state index in [1.54, 1.807) is 0 Å². The maximum absolute atomic E-state index is 11.0. The van der Waals surface area contributed by atoms with E-state index in [4.69, 9.17) is 0 Å². The summed E-state index contributed by atoms with van der Waals surface area (Å²) < 4.78 is 0.762. The minimum absolute atomic E-state index is 0.469. The Balaban J connectivity index is 3.66. The van der Waals surface area contributed by atoms with Gasteiger partial charge in [0.05, 0.1) is 39.5 Å². The average molecular weight is 189 g/mol. The maximum Gasteiger partial charge on any atom is 0.340 e. The van der Waals surface area contributed by atoms with Crippen molar-refractivity contribution in [2.75, 3.05) is 41.3 Å². The highest BCUT2D eigenvalue weighted by Gasteiger charge is 2.10.